The number of methoxy groups -OCH3 is 1. The van der Waals surface area contributed by atoms with Crippen LogP contribution >= 0.6 is 23.2 Å². The average Bonchev–Trinajstić information content (AvgIpc) is 2.69. The first-order valence-corrected chi connectivity index (χ1v) is 8.99. The van der Waals surface area contributed by atoms with Gasteiger partial charge in [0.25, 0.3) is 5.91 Å². The molecule has 7 heteroatoms. The van der Waals surface area contributed by atoms with E-state index in [0.29, 0.717) is 27.1 Å². The number of benzene rings is 2. The fraction of sp³-hybridized carbons (Fsp3) is 0.143. The standard InChI is InChI=1S/C21H18Cl2N2O3/c1-3-8-25-21(26)16(12-24)9-14-4-7-19(20(10-14)27-2)28-13-15-5-6-17(22)11-18(15)23/h3-7,9-11H,1,8,13H2,2H3,(H,25,26)/b16-9-. The Kier molecular flexibility index (Phi) is 7.94. The van der Waals surface area contributed by atoms with Gasteiger partial charge in [-0.15, -0.1) is 6.58 Å². The monoisotopic (exact) mass is 416 g/mol. The van der Waals surface area contributed by atoms with Crippen LogP contribution in [0.25, 0.3) is 6.08 Å². The predicted octanol–water partition coefficient (Wildman–Crippen LogP) is 4.79. The molecular weight excluding hydrogens is 399 g/mol. The fourth-order valence-corrected chi connectivity index (χ4v) is 2.73. The number of ether oxygens (including phenoxy) is 2. The maximum Gasteiger partial charge on any atom is 0.262 e. The number of nitriles is 1. The lowest BCUT2D eigenvalue weighted by Crippen LogP contribution is -2.24. The average molecular weight is 417 g/mol. The summed E-state index contributed by atoms with van der Waals surface area (Å²) in [5, 5.41) is 12.8. The molecule has 1 amide bonds. The summed E-state index contributed by atoms with van der Waals surface area (Å²) in [6.45, 7) is 4.03. The highest BCUT2D eigenvalue weighted by Crippen LogP contribution is 2.31. The number of nitrogens with one attached hydrogen (secondary N) is 1. The largest absolute Gasteiger partial charge is 0.493 e. The van der Waals surface area contributed by atoms with Gasteiger partial charge in [-0.1, -0.05) is 41.4 Å². The minimum atomic E-state index is -0.473. The number of carbonyl (C=O) groups excluding carboxylic acids is 1. The zero-order valence-electron chi connectivity index (χ0n) is 15.2. The van der Waals surface area contributed by atoms with Crippen molar-refractivity contribution in [3.05, 3.63) is 75.8 Å². The van der Waals surface area contributed by atoms with Crippen LogP contribution in [0.15, 0.2) is 54.6 Å². The molecule has 0 fully saturated rings. The van der Waals surface area contributed by atoms with E-state index in [1.807, 2.05) is 6.07 Å². The molecule has 0 aliphatic carbocycles. The van der Waals surface area contributed by atoms with E-state index in [2.05, 4.69) is 11.9 Å². The normalized spacial score (nSPS) is 10.7. The maximum absolute atomic E-state index is 11.9. The van der Waals surface area contributed by atoms with Gasteiger partial charge in [-0.05, 0) is 35.9 Å². The minimum Gasteiger partial charge on any atom is -0.493 e. The highest BCUT2D eigenvalue weighted by Gasteiger charge is 2.11. The lowest BCUT2D eigenvalue weighted by Gasteiger charge is -2.12. The molecule has 2 aromatic rings. The third-order valence-electron chi connectivity index (χ3n) is 3.67. The summed E-state index contributed by atoms with van der Waals surface area (Å²) >= 11 is 12.1. The Balaban J connectivity index is 2.19. The van der Waals surface area contributed by atoms with Crippen LogP contribution < -0.4 is 14.8 Å². The van der Waals surface area contributed by atoms with Crippen LogP contribution in [0.5, 0.6) is 11.5 Å². The molecule has 0 aliphatic heterocycles. The van der Waals surface area contributed by atoms with Gasteiger partial charge in [0, 0.05) is 22.2 Å². The Morgan fingerprint density at radius 1 is 1.25 bits per heavy atom. The van der Waals surface area contributed by atoms with Gasteiger partial charge >= 0.3 is 0 Å². The molecule has 2 rings (SSSR count). The quantitative estimate of drug-likeness (QED) is 0.381. The second-order valence-electron chi connectivity index (χ2n) is 5.60. The Morgan fingerprint density at radius 3 is 2.68 bits per heavy atom. The fourth-order valence-electron chi connectivity index (χ4n) is 2.26. The number of hydrogen-bond acceptors (Lipinski definition) is 4. The third-order valence-corrected chi connectivity index (χ3v) is 4.26. The van der Waals surface area contributed by atoms with Crippen molar-refractivity contribution < 1.29 is 14.3 Å². The number of hydrogen-bond donors (Lipinski definition) is 1. The summed E-state index contributed by atoms with van der Waals surface area (Å²) in [4.78, 5) is 11.9. The summed E-state index contributed by atoms with van der Waals surface area (Å²) in [6, 6.07) is 12.2. The second kappa shape index (κ2) is 10.4. The highest BCUT2D eigenvalue weighted by atomic mass is 35.5. The molecule has 0 atom stereocenters. The molecule has 0 radical (unpaired) electrons. The lowest BCUT2D eigenvalue weighted by atomic mass is 10.1. The molecule has 144 valence electrons. The van der Waals surface area contributed by atoms with E-state index < -0.39 is 5.91 Å². The van der Waals surface area contributed by atoms with Crippen molar-refractivity contribution in [2.24, 2.45) is 0 Å². The lowest BCUT2D eigenvalue weighted by molar-refractivity contribution is -0.116. The smallest absolute Gasteiger partial charge is 0.262 e. The topological polar surface area (TPSA) is 71.4 Å². The van der Waals surface area contributed by atoms with Gasteiger partial charge in [0.15, 0.2) is 11.5 Å². The number of carbonyl (C=O) groups is 1. The first kappa shape index (κ1) is 21.4. The molecule has 0 saturated carbocycles. The molecule has 28 heavy (non-hydrogen) atoms. The van der Waals surface area contributed by atoms with Crippen molar-refractivity contribution in [3.63, 3.8) is 0 Å². The van der Waals surface area contributed by atoms with Crippen molar-refractivity contribution >= 4 is 35.2 Å². The van der Waals surface area contributed by atoms with E-state index >= 15 is 0 Å². The first-order valence-electron chi connectivity index (χ1n) is 8.24. The van der Waals surface area contributed by atoms with E-state index in [1.54, 1.807) is 36.4 Å². The molecule has 0 heterocycles. The first-order chi connectivity index (χ1) is 13.5. The predicted molar refractivity (Wildman–Crippen MR) is 111 cm³/mol. The number of nitrogens with zero attached hydrogens (tertiary/aromatic N) is 1. The van der Waals surface area contributed by atoms with Crippen LogP contribution in [0.1, 0.15) is 11.1 Å². The van der Waals surface area contributed by atoms with Gasteiger partial charge in [0.2, 0.25) is 0 Å². The Bertz CT molecular complexity index is 949. The van der Waals surface area contributed by atoms with E-state index in [-0.39, 0.29) is 18.7 Å². The summed E-state index contributed by atoms with van der Waals surface area (Å²) in [5.41, 5.74) is 1.38. The Morgan fingerprint density at radius 2 is 2.04 bits per heavy atom. The molecule has 1 N–H and O–H groups in total. The van der Waals surface area contributed by atoms with Crippen LogP contribution in [-0.2, 0) is 11.4 Å². The molecular formula is C21H18Cl2N2O3. The van der Waals surface area contributed by atoms with Crippen LogP contribution in [0.2, 0.25) is 10.0 Å². The minimum absolute atomic E-state index is 0.0227. The number of halogens is 2. The second-order valence-corrected chi connectivity index (χ2v) is 6.45. The number of amides is 1. The van der Waals surface area contributed by atoms with Crippen molar-refractivity contribution in [2.45, 2.75) is 6.61 Å². The summed E-state index contributed by atoms with van der Waals surface area (Å²) in [5.74, 6) is 0.488. The van der Waals surface area contributed by atoms with Crippen LogP contribution in [0, 0.1) is 11.3 Å². The molecule has 0 bridgehead atoms. The molecule has 0 aromatic heterocycles. The molecule has 2 aromatic carbocycles. The molecule has 0 unspecified atom stereocenters. The van der Waals surface area contributed by atoms with Crippen LogP contribution in [0.4, 0.5) is 0 Å². The zero-order valence-corrected chi connectivity index (χ0v) is 16.7. The molecule has 0 saturated heterocycles. The van der Waals surface area contributed by atoms with Crippen LogP contribution in [0.3, 0.4) is 0 Å². The van der Waals surface area contributed by atoms with Gasteiger partial charge in [-0.25, -0.2) is 0 Å². The zero-order chi connectivity index (χ0) is 20.5. The summed E-state index contributed by atoms with van der Waals surface area (Å²) < 4.78 is 11.2. The van der Waals surface area contributed by atoms with Gasteiger partial charge in [0.05, 0.1) is 7.11 Å². The molecule has 0 spiro atoms. The Labute approximate surface area is 173 Å². The maximum atomic E-state index is 11.9. The van der Waals surface area contributed by atoms with Gasteiger partial charge < -0.3 is 14.8 Å². The van der Waals surface area contributed by atoms with Gasteiger partial charge in [0.1, 0.15) is 18.2 Å². The van der Waals surface area contributed by atoms with Gasteiger partial charge in [-0.2, -0.15) is 5.26 Å². The molecule has 5 nitrogen and oxygen atoms in total. The van der Waals surface area contributed by atoms with Crippen molar-refractivity contribution in [2.75, 3.05) is 13.7 Å². The third kappa shape index (κ3) is 5.78. The summed E-state index contributed by atoms with van der Waals surface area (Å²) in [6.07, 6.45) is 3.01. The van der Waals surface area contributed by atoms with E-state index in [9.17, 15) is 10.1 Å². The van der Waals surface area contributed by atoms with E-state index in [0.717, 1.165) is 5.56 Å². The summed E-state index contributed by atoms with van der Waals surface area (Å²) in [7, 11) is 1.51. The van der Waals surface area contributed by atoms with Crippen LogP contribution in [-0.4, -0.2) is 19.6 Å². The van der Waals surface area contributed by atoms with Crippen molar-refractivity contribution in [1.29, 1.82) is 5.26 Å². The highest BCUT2D eigenvalue weighted by molar-refractivity contribution is 6.35. The van der Waals surface area contributed by atoms with Crippen molar-refractivity contribution in [1.82, 2.24) is 5.32 Å². The van der Waals surface area contributed by atoms with E-state index in [4.69, 9.17) is 32.7 Å². The SMILES string of the molecule is C=CCNC(=O)/C(C#N)=C\c1ccc(OCc2ccc(Cl)cc2Cl)c(OC)c1. The Hall–Kier alpha value is -2.94. The molecule has 0 aliphatic rings. The van der Waals surface area contributed by atoms with E-state index in [1.165, 1.54) is 19.3 Å². The number of rotatable bonds is 8. The van der Waals surface area contributed by atoms with Crippen molar-refractivity contribution in [3.8, 4) is 17.6 Å². The van der Waals surface area contributed by atoms with Gasteiger partial charge in [-0.3, -0.25) is 4.79 Å².